The first kappa shape index (κ1) is 18.8. The SMILES string of the molecule is C[C@@H]1CC[C@@H]2[C@H](C=CC3[C@@H]4[C@H](C)O[C@@]5(O)[C@H](CO)N(C)C(=O)[C@@]45C(=O)[C@]32C)C1. The number of hydrogen-bond donors (Lipinski definition) is 2. The van der Waals surface area contributed by atoms with Gasteiger partial charge in [-0.1, -0.05) is 32.4 Å². The number of aliphatic hydroxyl groups excluding tert-OH is 1. The van der Waals surface area contributed by atoms with E-state index in [1.807, 2.05) is 13.8 Å². The molecular weight excluding hydrogens is 358 g/mol. The van der Waals surface area contributed by atoms with Gasteiger partial charge in [-0.15, -0.1) is 0 Å². The summed E-state index contributed by atoms with van der Waals surface area (Å²) in [5.41, 5.74) is -2.30. The largest absolute Gasteiger partial charge is 0.394 e. The Kier molecular flexibility index (Phi) is 3.66. The quantitative estimate of drug-likeness (QED) is 0.522. The first-order valence-corrected chi connectivity index (χ1v) is 10.7. The summed E-state index contributed by atoms with van der Waals surface area (Å²) in [6, 6.07) is -0.925. The number of nitrogens with zero attached hydrogens (tertiary/aromatic N) is 1. The number of aliphatic hydroxyl groups is 2. The molecule has 2 saturated heterocycles. The molecule has 4 fully saturated rings. The van der Waals surface area contributed by atoms with Gasteiger partial charge in [-0.2, -0.15) is 0 Å². The Morgan fingerprint density at radius 1 is 1.25 bits per heavy atom. The maximum atomic E-state index is 14.2. The Bertz CT molecular complexity index is 781. The van der Waals surface area contributed by atoms with E-state index in [0.717, 1.165) is 19.3 Å². The van der Waals surface area contributed by atoms with Crippen LogP contribution in [0.3, 0.4) is 0 Å². The Morgan fingerprint density at radius 2 is 1.96 bits per heavy atom. The average Bonchev–Trinajstić information content (AvgIpc) is 3.07. The lowest BCUT2D eigenvalue weighted by atomic mass is 9.55. The van der Waals surface area contributed by atoms with E-state index in [2.05, 4.69) is 19.1 Å². The van der Waals surface area contributed by atoms with Crippen LogP contribution in [-0.4, -0.2) is 58.4 Å². The van der Waals surface area contributed by atoms with Gasteiger partial charge in [-0.05, 0) is 43.4 Å². The Hall–Kier alpha value is -1.24. The van der Waals surface area contributed by atoms with E-state index in [-0.39, 0.29) is 17.6 Å². The van der Waals surface area contributed by atoms with Gasteiger partial charge in [0.05, 0.1) is 12.7 Å². The molecule has 2 aliphatic heterocycles. The average molecular weight is 389 g/mol. The van der Waals surface area contributed by atoms with Crippen molar-refractivity contribution in [2.45, 2.75) is 58.0 Å². The summed E-state index contributed by atoms with van der Waals surface area (Å²) < 4.78 is 5.97. The minimum atomic E-state index is -1.97. The van der Waals surface area contributed by atoms with E-state index in [9.17, 15) is 19.8 Å². The topological polar surface area (TPSA) is 87.1 Å². The molecule has 5 aliphatic rings. The molecule has 6 nitrogen and oxygen atoms in total. The molecule has 1 amide bonds. The van der Waals surface area contributed by atoms with Gasteiger partial charge in [0.2, 0.25) is 11.7 Å². The molecule has 10 atom stereocenters. The summed E-state index contributed by atoms with van der Waals surface area (Å²) in [5.74, 6) is -1.89. The number of carbonyl (C=O) groups excluding carboxylic acids is 2. The van der Waals surface area contributed by atoms with E-state index in [0.29, 0.717) is 11.8 Å². The van der Waals surface area contributed by atoms with Crippen LogP contribution in [-0.2, 0) is 14.3 Å². The smallest absolute Gasteiger partial charge is 0.242 e. The molecule has 2 saturated carbocycles. The second kappa shape index (κ2) is 5.46. The molecule has 1 spiro atoms. The van der Waals surface area contributed by atoms with Gasteiger partial charge in [0, 0.05) is 18.4 Å². The molecule has 1 unspecified atom stereocenters. The molecule has 28 heavy (non-hydrogen) atoms. The van der Waals surface area contributed by atoms with Crippen LogP contribution in [0.5, 0.6) is 0 Å². The summed E-state index contributed by atoms with van der Waals surface area (Å²) in [5, 5.41) is 21.6. The lowest BCUT2D eigenvalue weighted by molar-refractivity contribution is -0.240. The molecule has 0 aromatic heterocycles. The Labute approximate surface area is 165 Å². The van der Waals surface area contributed by atoms with E-state index in [1.165, 1.54) is 4.90 Å². The number of ketones is 1. The summed E-state index contributed by atoms with van der Waals surface area (Å²) in [6.07, 6.45) is 7.09. The van der Waals surface area contributed by atoms with Crippen molar-refractivity contribution in [1.82, 2.24) is 4.90 Å². The van der Waals surface area contributed by atoms with Gasteiger partial charge in [0.1, 0.15) is 6.04 Å². The van der Waals surface area contributed by atoms with Crippen LogP contribution >= 0.6 is 0 Å². The molecule has 0 bridgehead atoms. The summed E-state index contributed by atoms with van der Waals surface area (Å²) >= 11 is 0. The van der Waals surface area contributed by atoms with Crippen LogP contribution in [0, 0.1) is 40.4 Å². The van der Waals surface area contributed by atoms with Crippen molar-refractivity contribution in [1.29, 1.82) is 0 Å². The van der Waals surface area contributed by atoms with Crippen LogP contribution in [0.4, 0.5) is 0 Å². The van der Waals surface area contributed by atoms with Gasteiger partial charge in [0.25, 0.3) is 0 Å². The predicted molar refractivity (Wildman–Crippen MR) is 101 cm³/mol. The Balaban J connectivity index is 1.71. The highest BCUT2D eigenvalue weighted by Crippen LogP contribution is 2.72. The zero-order valence-electron chi connectivity index (χ0n) is 17.1. The molecule has 0 aromatic rings. The van der Waals surface area contributed by atoms with Crippen LogP contribution in [0.1, 0.15) is 40.0 Å². The van der Waals surface area contributed by atoms with E-state index >= 15 is 0 Å². The van der Waals surface area contributed by atoms with Crippen molar-refractivity contribution in [2.24, 2.45) is 40.4 Å². The summed E-state index contributed by atoms with van der Waals surface area (Å²) in [7, 11) is 1.55. The number of rotatable bonds is 1. The third kappa shape index (κ3) is 1.70. The second-order valence-electron chi connectivity index (χ2n) is 10.2. The van der Waals surface area contributed by atoms with Crippen LogP contribution < -0.4 is 0 Å². The lowest BCUT2D eigenvalue weighted by Crippen LogP contribution is -2.58. The molecule has 154 valence electrons. The standard InChI is InChI=1S/C22H31NO5/c1-11-5-7-14-13(9-11)6-8-15-17-12(2)28-22(27)16(10-24)23(4)19(26)21(17,22)18(25)20(14,15)3/h6,8,11-17,24,27H,5,7,9-10H2,1-4H3/t11-,12+,13-,14-,15?,16+,17+,20+,21+,22+/m1/s1. The first-order chi connectivity index (χ1) is 13.2. The number of likely N-dealkylation sites (N-methyl/N-ethyl adjacent to an activating group) is 1. The fourth-order valence-electron chi connectivity index (χ4n) is 7.91. The van der Waals surface area contributed by atoms with Crippen LogP contribution in [0.15, 0.2) is 12.2 Å². The number of allylic oxidation sites excluding steroid dienone is 2. The molecule has 5 rings (SSSR count). The maximum absolute atomic E-state index is 14.2. The van der Waals surface area contributed by atoms with E-state index in [1.54, 1.807) is 7.05 Å². The van der Waals surface area contributed by atoms with Crippen molar-refractivity contribution >= 4 is 11.7 Å². The fourth-order valence-corrected chi connectivity index (χ4v) is 7.91. The van der Waals surface area contributed by atoms with Crippen molar-refractivity contribution in [2.75, 3.05) is 13.7 Å². The maximum Gasteiger partial charge on any atom is 0.242 e. The number of Topliss-reactive ketones (excluding diaryl/α,β-unsaturated/α-hetero) is 1. The van der Waals surface area contributed by atoms with Crippen molar-refractivity contribution in [3.05, 3.63) is 12.2 Å². The highest BCUT2D eigenvalue weighted by molar-refractivity contribution is 6.14. The second-order valence-corrected chi connectivity index (χ2v) is 10.2. The minimum Gasteiger partial charge on any atom is -0.394 e. The van der Waals surface area contributed by atoms with E-state index in [4.69, 9.17) is 4.74 Å². The summed E-state index contributed by atoms with van der Waals surface area (Å²) in [6.45, 7) is 5.70. The normalized spacial score (nSPS) is 57.2. The van der Waals surface area contributed by atoms with Gasteiger partial charge < -0.3 is 19.8 Å². The molecule has 3 aliphatic carbocycles. The van der Waals surface area contributed by atoms with Crippen molar-refractivity contribution in [3.63, 3.8) is 0 Å². The number of carbonyl (C=O) groups is 2. The highest BCUT2D eigenvalue weighted by atomic mass is 16.6. The third-order valence-electron chi connectivity index (χ3n) is 9.11. The minimum absolute atomic E-state index is 0.131. The zero-order chi connectivity index (χ0) is 20.2. The van der Waals surface area contributed by atoms with Crippen LogP contribution in [0.25, 0.3) is 0 Å². The number of amides is 1. The molecule has 0 aromatic carbocycles. The number of likely N-dealkylation sites (tertiary alicyclic amines) is 1. The monoisotopic (exact) mass is 389 g/mol. The Morgan fingerprint density at radius 3 is 2.64 bits per heavy atom. The zero-order valence-corrected chi connectivity index (χ0v) is 17.1. The number of hydrogen-bond acceptors (Lipinski definition) is 5. The van der Waals surface area contributed by atoms with Gasteiger partial charge >= 0.3 is 0 Å². The molecular formula is C22H31NO5. The van der Waals surface area contributed by atoms with Gasteiger partial charge in [0.15, 0.2) is 11.2 Å². The fraction of sp³-hybridized carbons (Fsp3) is 0.818. The first-order valence-electron chi connectivity index (χ1n) is 10.7. The van der Waals surface area contributed by atoms with Crippen LogP contribution in [0.2, 0.25) is 0 Å². The number of fused-ring (bicyclic) bond motifs is 4. The van der Waals surface area contributed by atoms with Crippen molar-refractivity contribution < 1.29 is 24.5 Å². The third-order valence-corrected chi connectivity index (χ3v) is 9.11. The molecule has 2 heterocycles. The molecule has 2 N–H and O–H groups in total. The predicted octanol–water partition coefficient (Wildman–Crippen LogP) is 1.36. The number of ether oxygens (including phenoxy) is 1. The summed E-state index contributed by atoms with van der Waals surface area (Å²) in [4.78, 5) is 29.1. The van der Waals surface area contributed by atoms with Gasteiger partial charge in [-0.3, -0.25) is 9.59 Å². The van der Waals surface area contributed by atoms with Gasteiger partial charge in [-0.25, -0.2) is 0 Å². The lowest BCUT2D eigenvalue weighted by Gasteiger charge is -2.49. The molecule has 0 radical (unpaired) electrons. The van der Waals surface area contributed by atoms with E-state index < -0.39 is 47.2 Å². The highest BCUT2D eigenvalue weighted by Gasteiger charge is 2.87. The van der Waals surface area contributed by atoms with Crippen molar-refractivity contribution in [3.8, 4) is 0 Å². The molecule has 6 heteroatoms.